The number of hydrogen-bond acceptors (Lipinski definition) is 2. The summed E-state index contributed by atoms with van der Waals surface area (Å²) in [6, 6.07) is 15.1. The summed E-state index contributed by atoms with van der Waals surface area (Å²) in [5, 5.41) is 14.6. The van der Waals surface area contributed by atoms with Crippen molar-refractivity contribution < 1.29 is 5.11 Å². The van der Waals surface area contributed by atoms with E-state index in [1.54, 1.807) is 0 Å². The van der Waals surface area contributed by atoms with Gasteiger partial charge < -0.3 is 10.4 Å². The highest BCUT2D eigenvalue weighted by atomic mass is 16.3. The molecule has 0 aromatic heterocycles. The third kappa shape index (κ3) is 2.40. The Morgan fingerprint density at radius 2 is 1.88 bits per heavy atom. The molecular weight excluding hydrogens is 198 g/mol. The van der Waals surface area contributed by atoms with Crippen molar-refractivity contribution in [3.63, 3.8) is 0 Å². The summed E-state index contributed by atoms with van der Waals surface area (Å²) in [4.78, 5) is 0. The lowest BCUT2D eigenvalue weighted by Gasteiger charge is -2.14. The van der Waals surface area contributed by atoms with Crippen molar-refractivity contribution in [1.29, 1.82) is 0 Å². The van der Waals surface area contributed by atoms with Crippen molar-refractivity contribution >= 4 is 10.8 Å². The van der Waals surface area contributed by atoms with E-state index in [9.17, 15) is 0 Å². The minimum atomic E-state index is 0.178. The molecule has 0 radical (unpaired) electrons. The molecule has 0 fully saturated rings. The number of nitrogens with one attached hydrogen (secondary N) is 1. The molecule has 16 heavy (non-hydrogen) atoms. The van der Waals surface area contributed by atoms with E-state index in [-0.39, 0.29) is 12.6 Å². The first-order valence-corrected chi connectivity index (χ1v) is 5.64. The Morgan fingerprint density at radius 1 is 1.12 bits per heavy atom. The molecule has 2 heteroatoms. The second-order valence-corrected chi connectivity index (χ2v) is 4.01. The van der Waals surface area contributed by atoms with Gasteiger partial charge in [-0.05, 0) is 29.3 Å². The summed E-state index contributed by atoms with van der Waals surface area (Å²) >= 11 is 0. The van der Waals surface area contributed by atoms with Gasteiger partial charge in [0.1, 0.15) is 0 Å². The molecule has 0 aliphatic heterocycles. The second kappa shape index (κ2) is 5.10. The van der Waals surface area contributed by atoms with Gasteiger partial charge in [-0.25, -0.2) is 0 Å². The maximum absolute atomic E-state index is 8.77. The van der Waals surface area contributed by atoms with Gasteiger partial charge in [-0.1, -0.05) is 36.4 Å². The van der Waals surface area contributed by atoms with Crippen molar-refractivity contribution in [2.45, 2.75) is 13.0 Å². The summed E-state index contributed by atoms with van der Waals surface area (Å²) in [6.07, 6.45) is 0. The number of aliphatic hydroxyl groups is 1. The number of fused-ring (bicyclic) bond motifs is 1. The quantitative estimate of drug-likeness (QED) is 0.821. The molecule has 0 aliphatic rings. The third-order valence-corrected chi connectivity index (χ3v) is 2.84. The molecular formula is C14H17NO. The van der Waals surface area contributed by atoms with E-state index in [2.05, 4.69) is 54.7 Å². The van der Waals surface area contributed by atoms with Gasteiger partial charge in [-0.3, -0.25) is 0 Å². The Labute approximate surface area is 95.9 Å². The van der Waals surface area contributed by atoms with Crippen molar-refractivity contribution in [1.82, 2.24) is 5.32 Å². The van der Waals surface area contributed by atoms with E-state index in [4.69, 9.17) is 5.11 Å². The van der Waals surface area contributed by atoms with Crippen LogP contribution < -0.4 is 5.32 Å². The molecule has 2 nitrogen and oxygen atoms in total. The molecule has 0 saturated heterocycles. The molecule has 0 saturated carbocycles. The highest BCUT2D eigenvalue weighted by Crippen LogP contribution is 2.19. The largest absolute Gasteiger partial charge is 0.395 e. The molecule has 0 amide bonds. The highest BCUT2D eigenvalue weighted by molar-refractivity contribution is 5.83. The summed E-state index contributed by atoms with van der Waals surface area (Å²) in [6.45, 7) is 2.92. The van der Waals surface area contributed by atoms with Gasteiger partial charge in [0.15, 0.2) is 0 Å². The van der Waals surface area contributed by atoms with Gasteiger partial charge in [0.2, 0.25) is 0 Å². The van der Waals surface area contributed by atoms with Crippen LogP contribution in [0.1, 0.15) is 18.5 Å². The number of rotatable bonds is 4. The first-order chi connectivity index (χ1) is 7.81. The maximum Gasteiger partial charge on any atom is 0.0556 e. The zero-order chi connectivity index (χ0) is 11.4. The molecule has 2 aromatic rings. The fourth-order valence-corrected chi connectivity index (χ4v) is 1.88. The fourth-order valence-electron chi connectivity index (χ4n) is 1.88. The Kier molecular flexibility index (Phi) is 3.54. The van der Waals surface area contributed by atoms with Crippen LogP contribution in [0, 0.1) is 0 Å². The zero-order valence-corrected chi connectivity index (χ0v) is 9.48. The summed E-state index contributed by atoms with van der Waals surface area (Å²) in [5.74, 6) is 0. The number of aliphatic hydroxyl groups excluding tert-OH is 1. The van der Waals surface area contributed by atoms with E-state index < -0.39 is 0 Å². The molecule has 1 atom stereocenters. The molecule has 84 valence electrons. The normalized spacial score (nSPS) is 12.9. The minimum Gasteiger partial charge on any atom is -0.395 e. The van der Waals surface area contributed by atoms with Gasteiger partial charge in [-0.2, -0.15) is 0 Å². The van der Waals surface area contributed by atoms with Crippen molar-refractivity contribution in [2.24, 2.45) is 0 Å². The molecule has 0 spiro atoms. The average molecular weight is 215 g/mol. The lowest BCUT2D eigenvalue weighted by Crippen LogP contribution is -2.21. The van der Waals surface area contributed by atoms with E-state index >= 15 is 0 Å². The van der Waals surface area contributed by atoms with E-state index in [0.29, 0.717) is 6.54 Å². The monoisotopic (exact) mass is 215 g/mol. The average Bonchev–Trinajstić information content (AvgIpc) is 2.35. The fraction of sp³-hybridized carbons (Fsp3) is 0.286. The van der Waals surface area contributed by atoms with Gasteiger partial charge in [0.25, 0.3) is 0 Å². The maximum atomic E-state index is 8.77. The SMILES string of the molecule is CC(NCCO)c1ccc2ccccc2c1. The molecule has 0 heterocycles. The second-order valence-electron chi connectivity index (χ2n) is 4.01. The smallest absolute Gasteiger partial charge is 0.0556 e. The van der Waals surface area contributed by atoms with Crippen LogP contribution in [0.3, 0.4) is 0 Å². The third-order valence-electron chi connectivity index (χ3n) is 2.84. The number of benzene rings is 2. The van der Waals surface area contributed by atoms with E-state index in [1.807, 2.05) is 0 Å². The van der Waals surface area contributed by atoms with Crippen LogP contribution in [-0.2, 0) is 0 Å². The topological polar surface area (TPSA) is 32.3 Å². The van der Waals surface area contributed by atoms with Gasteiger partial charge in [0, 0.05) is 12.6 Å². The van der Waals surface area contributed by atoms with Crippen molar-refractivity contribution in [2.75, 3.05) is 13.2 Å². The molecule has 1 unspecified atom stereocenters. The standard InChI is InChI=1S/C14H17NO/c1-11(15-8-9-16)13-7-6-12-4-2-3-5-14(12)10-13/h2-7,10-11,15-16H,8-9H2,1H3. The van der Waals surface area contributed by atoms with Crippen LogP contribution in [0.15, 0.2) is 42.5 Å². The lowest BCUT2D eigenvalue weighted by atomic mass is 10.0. The van der Waals surface area contributed by atoms with Crippen LogP contribution in [0.4, 0.5) is 0 Å². The van der Waals surface area contributed by atoms with Crippen LogP contribution in [0.2, 0.25) is 0 Å². The zero-order valence-electron chi connectivity index (χ0n) is 9.48. The van der Waals surface area contributed by atoms with E-state index in [1.165, 1.54) is 16.3 Å². The van der Waals surface area contributed by atoms with Crippen LogP contribution in [-0.4, -0.2) is 18.3 Å². The molecule has 0 bridgehead atoms. The van der Waals surface area contributed by atoms with Crippen molar-refractivity contribution in [3.8, 4) is 0 Å². The highest BCUT2D eigenvalue weighted by Gasteiger charge is 2.04. The van der Waals surface area contributed by atoms with Gasteiger partial charge >= 0.3 is 0 Å². The minimum absolute atomic E-state index is 0.178. The summed E-state index contributed by atoms with van der Waals surface area (Å²) < 4.78 is 0. The number of hydrogen-bond donors (Lipinski definition) is 2. The Hall–Kier alpha value is -1.38. The predicted molar refractivity (Wildman–Crippen MR) is 67.5 cm³/mol. The summed E-state index contributed by atoms with van der Waals surface area (Å²) in [5.41, 5.74) is 1.26. The molecule has 2 N–H and O–H groups in total. The summed E-state index contributed by atoms with van der Waals surface area (Å²) in [7, 11) is 0. The van der Waals surface area contributed by atoms with Crippen LogP contribution >= 0.6 is 0 Å². The Morgan fingerprint density at radius 3 is 2.62 bits per heavy atom. The molecule has 2 aromatic carbocycles. The first kappa shape index (κ1) is 11.1. The van der Waals surface area contributed by atoms with Gasteiger partial charge in [0.05, 0.1) is 6.61 Å². The first-order valence-electron chi connectivity index (χ1n) is 5.64. The molecule has 2 rings (SSSR count). The van der Waals surface area contributed by atoms with Crippen LogP contribution in [0.5, 0.6) is 0 Å². The Bertz CT molecular complexity index is 467. The van der Waals surface area contributed by atoms with E-state index in [0.717, 1.165) is 0 Å². The Balaban J connectivity index is 2.25. The van der Waals surface area contributed by atoms with Gasteiger partial charge in [-0.15, -0.1) is 0 Å². The van der Waals surface area contributed by atoms with Crippen LogP contribution in [0.25, 0.3) is 10.8 Å². The lowest BCUT2D eigenvalue weighted by molar-refractivity contribution is 0.286. The van der Waals surface area contributed by atoms with Crippen molar-refractivity contribution in [3.05, 3.63) is 48.0 Å². The molecule has 0 aliphatic carbocycles. The predicted octanol–water partition coefficient (Wildman–Crippen LogP) is 2.48.